The monoisotopic (exact) mass is 614 g/mol. The lowest BCUT2D eigenvalue weighted by atomic mass is 10.1. The lowest BCUT2D eigenvalue weighted by Crippen LogP contribution is -2.38. The maximum atomic E-state index is 13.6. The van der Waals surface area contributed by atoms with E-state index in [4.69, 9.17) is 23.2 Å². The standard InChI is InChI=1S/C25H21BrCl2N8O2/c1-32-21-8-16(18(26)9-22(21)33(2)25(32)38)24(37)34-5-6-36-23(13-34)17(10-29-36)20-12-35(31-30-20)11-14-3-4-15(27)7-19(14)28/h3-4,7-10,12H,5-6,11,13H2,1-2H3. The molecule has 0 atom stereocenters. The summed E-state index contributed by atoms with van der Waals surface area (Å²) < 4.78 is 7.35. The number of aryl methyl sites for hydroxylation is 2. The van der Waals surface area contributed by atoms with E-state index in [1.807, 2.05) is 23.0 Å². The molecule has 5 aromatic rings. The van der Waals surface area contributed by atoms with Crippen molar-refractivity contribution in [1.29, 1.82) is 0 Å². The van der Waals surface area contributed by atoms with Crippen LogP contribution in [-0.4, -0.2) is 51.3 Å². The molecule has 3 aromatic heterocycles. The molecule has 0 N–H and O–H groups in total. The molecule has 0 aliphatic carbocycles. The number of benzene rings is 2. The van der Waals surface area contributed by atoms with Crippen LogP contribution in [0.3, 0.4) is 0 Å². The van der Waals surface area contributed by atoms with Gasteiger partial charge in [-0.2, -0.15) is 5.10 Å². The van der Waals surface area contributed by atoms with Gasteiger partial charge in [0.2, 0.25) is 0 Å². The van der Waals surface area contributed by atoms with E-state index in [1.165, 1.54) is 0 Å². The fourth-order valence-electron chi connectivity index (χ4n) is 4.81. The van der Waals surface area contributed by atoms with Crippen LogP contribution in [0.1, 0.15) is 21.6 Å². The molecular weight excluding hydrogens is 595 g/mol. The number of imidazole rings is 1. The van der Waals surface area contributed by atoms with Gasteiger partial charge in [0.1, 0.15) is 5.69 Å². The zero-order valence-electron chi connectivity index (χ0n) is 20.4. The number of hydrogen-bond donors (Lipinski definition) is 0. The Bertz CT molecular complexity index is 1800. The molecule has 1 aliphatic rings. The molecule has 13 heteroatoms. The van der Waals surface area contributed by atoms with Gasteiger partial charge >= 0.3 is 5.69 Å². The molecule has 1 aliphatic heterocycles. The van der Waals surface area contributed by atoms with Crippen LogP contribution in [0.15, 0.2) is 52.0 Å². The zero-order chi connectivity index (χ0) is 26.7. The fourth-order valence-corrected chi connectivity index (χ4v) is 5.78. The highest BCUT2D eigenvalue weighted by Crippen LogP contribution is 2.29. The molecule has 38 heavy (non-hydrogen) atoms. The van der Waals surface area contributed by atoms with Crippen LogP contribution in [0, 0.1) is 0 Å². The minimum atomic E-state index is -0.144. The Morgan fingerprint density at radius 2 is 1.84 bits per heavy atom. The summed E-state index contributed by atoms with van der Waals surface area (Å²) in [6, 6.07) is 8.93. The number of aromatic nitrogens is 7. The van der Waals surface area contributed by atoms with Gasteiger partial charge in [0.25, 0.3) is 5.91 Å². The van der Waals surface area contributed by atoms with Gasteiger partial charge in [-0.3, -0.25) is 18.6 Å². The number of fused-ring (bicyclic) bond motifs is 2. The fraction of sp³-hybridized carbons (Fsp3) is 0.240. The first kappa shape index (κ1) is 24.9. The lowest BCUT2D eigenvalue weighted by Gasteiger charge is -2.28. The van der Waals surface area contributed by atoms with Gasteiger partial charge in [0.15, 0.2) is 0 Å². The molecule has 0 saturated heterocycles. The average Bonchev–Trinajstić information content (AvgIpc) is 3.59. The number of amides is 1. The second-order valence-corrected chi connectivity index (χ2v) is 10.9. The quantitative estimate of drug-likeness (QED) is 0.303. The summed E-state index contributed by atoms with van der Waals surface area (Å²) >= 11 is 15.9. The van der Waals surface area contributed by atoms with Crippen molar-refractivity contribution in [3.63, 3.8) is 0 Å². The Balaban J connectivity index is 1.27. The molecule has 6 rings (SSSR count). The molecule has 194 valence electrons. The zero-order valence-corrected chi connectivity index (χ0v) is 23.5. The lowest BCUT2D eigenvalue weighted by molar-refractivity contribution is 0.0706. The highest BCUT2D eigenvalue weighted by molar-refractivity contribution is 9.10. The van der Waals surface area contributed by atoms with Crippen LogP contribution < -0.4 is 5.69 Å². The van der Waals surface area contributed by atoms with Crippen LogP contribution in [0.2, 0.25) is 10.0 Å². The first-order chi connectivity index (χ1) is 18.2. The number of nitrogens with zero attached hydrogens (tertiary/aromatic N) is 8. The van der Waals surface area contributed by atoms with Crippen molar-refractivity contribution < 1.29 is 4.79 Å². The van der Waals surface area contributed by atoms with Crippen molar-refractivity contribution in [2.75, 3.05) is 6.54 Å². The van der Waals surface area contributed by atoms with E-state index in [0.717, 1.165) is 22.3 Å². The molecule has 2 aromatic carbocycles. The molecule has 1 amide bonds. The molecule has 0 radical (unpaired) electrons. The maximum Gasteiger partial charge on any atom is 0.328 e. The molecule has 0 spiro atoms. The van der Waals surface area contributed by atoms with Gasteiger partial charge in [-0.05, 0) is 45.8 Å². The van der Waals surface area contributed by atoms with Crippen molar-refractivity contribution >= 4 is 56.1 Å². The van der Waals surface area contributed by atoms with Gasteiger partial charge in [-0.25, -0.2) is 9.48 Å². The van der Waals surface area contributed by atoms with Crippen molar-refractivity contribution in [2.24, 2.45) is 14.1 Å². The van der Waals surface area contributed by atoms with E-state index < -0.39 is 0 Å². The summed E-state index contributed by atoms with van der Waals surface area (Å²) in [7, 11) is 3.42. The third-order valence-electron chi connectivity index (χ3n) is 6.91. The maximum absolute atomic E-state index is 13.6. The van der Waals surface area contributed by atoms with Gasteiger partial charge in [-0.1, -0.05) is 34.5 Å². The normalized spacial score (nSPS) is 13.3. The highest BCUT2D eigenvalue weighted by Gasteiger charge is 2.28. The molecule has 0 fully saturated rings. The number of halogens is 3. The van der Waals surface area contributed by atoms with E-state index in [9.17, 15) is 9.59 Å². The average molecular weight is 616 g/mol. The Hall–Kier alpha value is -3.41. The predicted molar refractivity (Wildman–Crippen MR) is 147 cm³/mol. The second kappa shape index (κ2) is 9.40. The van der Waals surface area contributed by atoms with Gasteiger partial charge in [0, 0.05) is 40.7 Å². The number of rotatable bonds is 4. The summed E-state index contributed by atoms with van der Waals surface area (Å²) in [5.74, 6) is -0.130. The largest absolute Gasteiger partial charge is 0.331 e. The Kier molecular flexibility index (Phi) is 6.16. The Labute approximate surface area is 235 Å². The highest BCUT2D eigenvalue weighted by atomic mass is 79.9. The third kappa shape index (κ3) is 4.14. The van der Waals surface area contributed by atoms with E-state index in [0.29, 0.717) is 57.5 Å². The smallest absolute Gasteiger partial charge is 0.328 e. The summed E-state index contributed by atoms with van der Waals surface area (Å²) in [6.07, 6.45) is 3.60. The molecule has 0 saturated carbocycles. The van der Waals surface area contributed by atoms with Crippen LogP contribution in [0.25, 0.3) is 22.3 Å². The topological polar surface area (TPSA) is 95.8 Å². The van der Waals surface area contributed by atoms with Gasteiger partial charge in [-0.15, -0.1) is 5.10 Å². The van der Waals surface area contributed by atoms with Crippen LogP contribution in [0.5, 0.6) is 0 Å². The van der Waals surface area contributed by atoms with E-state index in [1.54, 1.807) is 57.2 Å². The minimum Gasteiger partial charge on any atom is -0.331 e. The van der Waals surface area contributed by atoms with Crippen LogP contribution in [0.4, 0.5) is 0 Å². The predicted octanol–water partition coefficient (Wildman–Crippen LogP) is 4.11. The SMILES string of the molecule is Cn1c(=O)n(C)c2cc(C(=O)N3CCn4ncc(-c5cn(Cc6ccc(Cl)cc6Cl)nn5)c4C3)c(Br)cc21. The van der Waals surface area contributed by atoms with Gasteiger partial charge < -0.3 is 4.90 Å². The van der Waals surface area contributed by atoms with Crippen molar-refractivity contribution in [3.05, 3.63) is 84.5 Å². The summed E-state index contributed by atoms with van der Waals surface area (Å²) in [5.41, 5.74) is 5.04. The third-order valence-corrected chi connectivity index (χ3v) is 8.15. The first-order valence-corrected chi connectivity index (χ1v) is 13.3. The van der Waals surface area contributed by atoms with Crippen molar-refractivity contribution in [1.82, 2.24) is 38.8 Å². The molecule has 10 nitrogen and oxygen atoms in total. The summed E-state index contributed by atoms with van der Waals surface area (Å²) in [5, 5.41) is 14.3. The van der Waals surface area contributed by atoms with Crippen molar-refractivity contribution in [2.45, 2.75) is 19.6 Å². The number of hydrogen-bond acceptors (Lipinski definition) is 5. The van der Waals surface area contributed by atoms with Gasteiger partial charge in [0.05, 0.1) is 54.3 Å². The summed E-state index contributed by atoms with van der Waals surface area (Å²) in [6.45, 7) is 1.87. The van der Waals surface area contributed by atoms with E-state index in [2.05, 4.69) is 31.3 Å². The first-order valence-electron chi connectivity index (χ1n) is 11.7. The Morgan fingerprint density at radius 3 is 2.61 bits per heavy atom. The summed E-state index contributed by atoms with van der Waals surface area (Å²) in [4.78, 5) is 27.8. The Morgan fingerprint density at radius 1 is 1.08 bits per heavy atom. The molecular formula is C25H21BrCl2N8O2. The van der Waals surface area contributed by atoms with E-state index >= 15 is 0 Å². The number of carbonyl (C=O) groups is 1. The van der Waals surface area contributed by atoms with Crippen LogP contribution >= 0.6 is 39.1 Å². The van der Waals surface area contributed by atoms with E-state index in [-0.39, 0.29) is 11.6 Å². The molecule has 4 heterocycles. The minimum absolute atomic E-state index is 0.130. The van der Waals surface area contributed by atoms with Crippen molar-refractivity contribution in [3.8, 4) is 11.3 Å². The van der Waals surface area contributed by atoms with Crippen LogP contribution in [-0.2, 0) is 33.7 Å². The second-order valence-electron chi connectivity index (χ2n) is 9.21. The molecule has 0 bridgehead atoms. The number of carbonyl (C=O) groups excluding carboxylic acids is 1. The molecule has 0 unspecified atom stereocenters.